The molecular weight excluding hydrogens is 528 g/mol. The molecule has 0 atom stereocenters. The molecule has 13 heteroatoms. The molecule has 2 heterocycles. The van der Waals surface area contributed by atoms with Crippen LogP contribution in [0.15, 0.2) is 47.2 Å². The molecule has 2 aliphatic heterocycles. The number of hydrogen-bond acceptors (Lipinski definition) is 7. The van der Waals surface area contributed by atoms with Gasteiger partial charge >= 0.3 is 0 Å². The van der Waals surface area contributed by atoms with Gasteiger partial charge in [0.15, 0.2) is 52.0 Å². The van der Waals surface area contributed by atoms with Gasteiger partial charge in [-0.15, -0.1) is 0 Å². The molecule has 0 saturated carbocycles. The van der Waals surface area contributed by atoms with E-state index in [1.54, 1.807) is 12.1 Å². The lowest BCUT2D eigenvalue weighted by atomic mass is 9.93. The zero-order valence-electron chi connectivity index (χ0n) is 19.2. The molecule has 192 valence electrons. The van der Waals surface area contributed by atoms with Gasteiger partial charge in [-0.2, -0.15) is 15.8 Å². The molecule has 7 nitrogen and oxygen atoms in total. The molecule has 3 aromatic rings. The molecule has 0 aromatic heterocycles. The summed E-state index contributed by atoms with van der Waals surface area (Å²) in [6.07, 6.45) is 0. The van der Waals surface area contributed by atoms with E-state index in [2.05, 4.69) is 10.6 Å². The predicted molar refractivity (Wildman–Crippen MR) is 122 cm³/mol. The summed E-state index contributed by atoms with van der Waals surface area (Å²) in [6.45, 7) is 1.36. The lowest BCUT2D eigenvalue weighted by Gasteiger charge is -2.17. The average molecular weight is 537 g/mol. The summed E-state index contributed by atoms with van der Waals surface area (Å²) in [5.41, 5.74) is -1.93. The summed E-state index contributed by atoms with van der Waals surface area (Å²) >= 11 is 0. The van der Waals surface area contributed by atoms with E-state index in [1.165, 1.54) is 6.92 Å². The van der Waals surface area contributed by atoms with Crippen LogP contribution in [0.5, 0.6) is 11.5 Å². The van der Waals surface area contributed by atoms with Crippen molar-refractivity contribution in [3.8, 4) is 52.0 Å². The smallest absolute Gasteiger partial charge is 0.226 e. The van der Waals surface area contributed by atoms with Gasteiger partial charge in [-0.3, -0.25) is 0 Å². The highest BCUT2D eigenvalue weighted by molar-refractivity contribution is 6.05. The Morgan fingerprint density at radius 3 is 1.41 bits per heavy atom. The lowest BCUT2D eigenvalue weighted by Crippen LogP contribution is -2.02. The number of anilines is 2. The van der Waals surface area contributed by atoms with E-state index in [1.807, 2.05) is 6.07 Å². The second kappa shape index (κ2) is 9.05. The van der Waals surface area contributed by atoms with Crippen molar-refractivity contribution >= 4 is 11.4 Å². The van der Waals surface area contributed by atoms with Gasteiger partial charge in [0, 0.05) is 0 Å². The van der Waals surface area contributed by atoms with Gasteiger partial charge in [0.2, 0.25) is 11.8 Å². The van der Waals surface area contributed by atoms with E-state index in [9.17, 15) is 42.1 Å². The van der Waals surface area contributed by atoms with Crippen molar-refractivity contribution in [1.82, 2.24) is 0 Å². The summed E-state index contributed by atoms with van der Waals surface area (Å²) in [5, 5.41) is 33.4. The first-order valence-electron chi connectivity index (χ1n) is 10.7. The van der Waals surface area contributed by atoms with E-state index >= 15 is 0 Å². The van der Waals surface area contributed by atoms with Gasteiger partial charge in [0.1, 0.15) is 12.1 Å². The molecule has 0 spiro atoms. The molecule has 3 aromatic carbocycles. The molecule has 39 heavy (non-hydrogen) atoms. The molecule has 0 aliphatic carbocycles. The number of halogens is 6. The Kier molecular flexibility index (Phi) is 5.81. The molecule has 2 N–H and O–H groups in total. The van der Waals surface area contributed by atoms with Crippen LogP contribution in [-0.2, 0) is 0 Å². The van der Waals surface area contributed by atoms with Gasteiger partial charge in [0.05, 0.1) is 34.1 Å². The SMILES string of the molecule is C/C(C#N)=C1\Nc2c(c(-c3cc(F)c(F)c(F)c3)c3c(c2-c2cc(F)c(F)c(F)c2)OC(=C(C#N)C#N)N3)O1. The number of nitrogens with zero attached hydrogens (tertiary/aromatic N) is 3. The number of nitrogens with one attached hydrogen (secondary N) is 2. The Balaban J connectivity index is 1.94. The molecule has 5 rings (SSSR count). The van der Waals surface area contributed by atoms with E-state index in [4.69, 9.17) is 9.47 Å². The number of benzene rings is 3. The zero-order chi connectivity index (χ0) is 28.2. The Bertz CT molecular complexity index is 1670. The lowest BCUT2D eigenvalue weighted by molar-refractivity contribution is 0.445. The highest BCUT2D eigenvalue weighted by atomic mass is 19.2. The van der Waals surface area contributed by atoms with Crippen LogP contribution in [0.1, 0.15) is 6.92 Å². The third kappa shape index (κ3) is 3.83. The van der Waals surface area contributed by atoms with Crippen LogP contribution in [0.4, 0.5) is 37.7 Å². The highest BCUT2D eigenvalue weighted by Gasteiger charge is 2.38. The topological polar surface area (TPSA) is 114 Å². The van der Waals surface area contributed by atoms with E-state index in [0.29, 0.717) is 24.3 Å². The summed E-state index contributed by atoms with van der Waals surface area (Å²) in [4.78, 5) is 0. The minimum Gasteiger partial charge on any atom is -0.437 e. The monoisotopic (exact) mass is 537 g/mol. The molecule has 0 fully saturated rings. The van der Waals surface area contributed by atoms with Crippen molar-refractivity contribution in [2.24, 2.45) is 0 Å². The van der Waals surface area contributed by atoms with Crippen molar-refractivity contribution in [2.45, 2.75) is 6.92 Å². The molecule has 0 amide bonds. The van der Waals surface area contributed by atoms with Crippen molar-refractivity contribution < 1.29 is 35.8 Å². The first kappa shape index (κ1) is 25.1. The van der Waals surface area contributed by atoms with Crippen molar-refractivity contribution in [1.29, 1.82) is 15.8 Å². The Morgan fingerprint density at radius 1 is 0.641 bits per heavy atom. The maximum absolute atomic E-state index is 14.3. The number of rotatable bonds is 2. The van der Waals surface area contributed by atoms with Crippen LogP contribution in [-0.4, -0.2) is 0 Å². The first-order valence-corrected chi connectivity index (χ1v) is 10.7. The second-order valence-electron chi connectivity index (χ2n) is 8.11. The maximum atomic E-state index is 14.3. The minimum atomic E-state index is -1.76. The molecule has 0 saturated heterocycles. The van der Waals surface area contributed by atoms with Gasteiger partial charge in [0.25, 0.3) is 0 Å². The predicted octanol–water partition coefficient (Wildman–Crippen LogP) is 6.48. The quantitative estimate of drug-likeness (QED) is 0.219. The van der Waals surface area contributed by atoms with Crippen LogP contribution < -0.4 is 20.1 Å². The Hall–Kier alpha value is -5.61. The fourth-order valence-electron chi connectivity index (χ4n) is 4.04. The maximum Gasteiger partial charge on any atom is 0.226 e. The number of hydrogen-bond donors (Lipinski definition) is 2. The molecule has 0 unspecified atom stereocenters. The molecule has 2 aliphatic rings. The van der Waals surface area contributed by atoms with Gasteiger partial charge in [-0.05, 0) is 42.3 Å². The zero-order valence-corrected chi connectivity index (χ0v) is 19.2. The standard InChI is InChI=1S/C26H9F6N5O2/c1-9(6-33)25-36-21-17(10-2-13(27)19(31)14(28)3-10)24-22(37-26(39-24)12(7-34)8-35)18(23(21)38-25)11-4-15(29)20(32)16(30)5-11/h2-5,36-37H,1H3/b25-9-. The normalized spacial score (nSPS) is 14.0. The number of nitriles is 3. The third-order valence-electron chi connectivity index (χ3n) is 5.80. The van der Waals surface area contributed by atoms with Crippen LogP contribution in [0, 0.1) is 68.9 Å². The van der Waals surface area contributed by atoms with Crippen LogP contribution in [0.3, 0.4) is 0 Å². The van der Waals surface area contributed by atoms with Gasteiger partial charge in [-0.1, -0.05) is 0 Å². The summed E-state index contributed by atoms with van der Waals surface area (Å²) in [5.74, 6) is -11.0. The third-order valence-corrected chi connectivity index (χ3v) is 5.80. The molecule has 0 bridgehead atoms. The minimum absolute atomic E-state index is 0.0121. The van der Waals surface area contributed by atoms with Crippen LogP contribution in [0.25, 0.3) is 22.3 Å². The molecule has 0 radical (unpaired) electrons. The largest absolute Gasteiger partial charge is 0.437 e. The molecular formula is C26H9F6N5O2. The average Bonchev–Trinajstić information content (AvgIpc) is 3.53. The second-order valence-corrected chi connectivity index (χ2v) is 8.11. The van der Waals surface area contributed by atoms with Crippen molar-refractivity contribution in [2.75, 3.05) is 10.6 Å². The van der Waals surface area contributed by atoms with E-state index < -0.39 is 46.4 Å². The highest BCUT2D eigenvalue weighted by Crippen LogP contribution is 2.60. The van der Waals surface area contributed by atoms with Crippen LogP contribution >= 0.6 is 0 Å². The summed E-state index contributed by atoms with van der Waals surface area (Å²) < 4.78 is 96.2. The number of fused-ring (bicyclic) bond motifs is 2. The first-order chi connectivity index (χ1) is 18.6. The van der Waals surface area contributed by atoms with Gasteiger partial charge in [-0.25, -0.2) is 26.3 Å². The fourth-order valence-corrected chi connectivity index (χ4v) is 4.04. The number of allylic oxidation sites excluding steroid dienone is 2. The Morgan fingerprint density at radius 2 is 1.03 bits per heavy atom. The Labute approximate surface area is 215 Å². The van der Waals surface area contributed by atoms with E-state index in [-0.39, 0.29) is 56.6 Å². The fraction of sp³-hybridized carbons (Fsp3) is 0.0385. The summed E-state index contributed by atoms with van der Waals surface area (Å²) in [7, 11) is 0. The number of ether oxygens (including phenoxy) is 2. The van der Waals surface area contributed by atoms with Crippen molar-refractivity contribution in [3.63, 3.8) is 0 Å². The van der Waals surface area contributed by atoms with E-state index in [0.717, 1.165) is 0 Å². The van der Waals surface area contributed by atoms with Gasteiger partial charge < -0.3 is 20.1 Å². The van der Waals surface area contributed by atoms with Crippen molar-refractivity contribution in [3.05, 3.63) is 82.1 Å². The summed E-state index contributed by atoms with van der Waals surface area (Å²) in [6, 6.07) is 7.53. The van der Waals surface area contributed by atoms with Crippen LogP contribution in [0.2, 0.25) is 0 Å².